The number of para-hydroxylation sites is 2. The average molecular weight is 399 g/mol. The number of aromatic nitrogens is 3. The van der Waals surface area contributed by atoms with Crippen molar-refractivity contribution < 1.29 is 4.79 Å². The lowest BCUT2D eigenvalue weighted by atomic mass is 10.1. The van der Waals surface area contributed by atoms with Gasteiger partial charge in [0.05, 0.1) is 11.0 Å². The van der Waals surface area contributed by atoms with Gasteiger partial charge in [-0.25, -0.2) is 9.97 Å². The van der Waals surface area contributed by atoms with Gasteiger partial charge in [-0.05, 0) is 49.1 Å². The fourth-order valence-corrected chi connectivity index (χ4v) is 4.39. The highest BCUT2D eigenvalue weighted by atomic mass is 16.1. The smallest absolute Gasteiger partial charge is 0.257 e. The van der Waals surface area contributed by atoms with E-state index in [1.54, 1.807) is 0 Å². The van der Waals surface area contributed by atoms with Gasteiger partial charge in [-0.2, -0.15) is 0 Å². The zero-order valence-electron chi connectivity index (χ0n) is 17.1. The van der Waals surface area contributed by atoms with Crippen molar-refractivity contribution in [3.05, 3.63) is 59.7 Å². The molecular weight excluding hydrogens is 374 g/mol. The summed E-state index contributed by atoms with van der Waals surface area (Å²) in [5, 5.41) is 3.16. The van der Waals surface area contributed by atoms with Crippen LogP contribution in [0.3, 0.4) is 0 Å². The molecule has 5 rings (SSSR count). The molecule has 1 fully saturated rings. The molecule has 2 heterocycles. The van der Waals surface area contributed by atoms with Gasteiger partial charge >= 0.3 is 0 Å². The molecule has 0 atom stereocenters. The van der Waals surface area contributed by atoms with Gasteiger partial charge in [-0.3, -0.25) is 9.36 Å². The van der Waals surface area contributed by atoms with Gasteiger partial charge in [0.25, 0.3) is 5.91 Å². The molecule has 30 heavy (non-hydrogen) atoms. The highest BCUT2D eigenvalue weighted by molar-refractivity contribution is 6.11. The predicted octanol–water partition coefficient (Wildman–Crippen LogP) is 4.39. The molecule has 0 spiro atoms. The summed E-state index contributed by atoms with van der Waals surface area (Å²) in [5.74, 6) is 0.212. The van der Waals surface area contributed by atoms with Crippen LogP contribution in [0.4, 0.5) is 5.82 Å². The van der Waals surface area contributed by atoms with Crippen molar-refractivity contribution in [2.75, 3.05) is 5.73 Å². The zero-order chi connectivity index (χ0) is 20.7. The lowest BCUT2D eigenvalue weighted by Crippen LogP contribution is -2.33. The first-order valence-electron chi connectivity index (χ1n) is 10.6. The zero-order valence-corrected chi connectivity index (χ0v) is 17.1. The number of nitrogens with two attached hydrogens (primary N) is 1. The summed E-state index contributed by atoms with van der Waals surface area (Å²) < 4.78 is 1.86. The van der Waals surface area contributed by atoms with Gasteiger partial charge in [0.2, 0.25) is 0 Å². The van der Waals surface area contributed by atoms with Crippen molar-refractivity contribution in [1.29, 1.82) is 0 Å². The van der Waals surface area contributed by atoms with Crippen LogP contribution in [0.15, 0.2) is 48.5 Å². The van der Waals surface area contributed by atoms with Crippen LogP contribution in [-0.2, 0) is 6.42 Å². The first kappa shape index (κ1) is 18.6. The molecule has 0 bridgehead atoms. The summed E-state index contributed by atoms with van der Waals surface area (Å²) in [4.78, 5) is 22.9. The summed E-state index contributed by atoms with van der Waals surface area (Å²) in [6, 6.07) is 16.1. The predicted molar refractivity (Wildman–Crippen MR) is 120 cm³/mol. The molecule has 6 nitrogen and oxygen atoms in total. The van der Waals surface area contributed by atoms with Crippen molar-refractivity contribution in [3.8, 4) is 5.69 Å². The van der Waals surface area contributed by atoms with Crippen LogP contribution < -0.4 is 11.1 Å². The van der Waals surface area contributed by atoms with Gasteiger partial charge in [-0.15, -0.1) is 0 Å². The molecule has 1 amide bonds. The Morgan fingerprint density at radius 1 is 1.10 bits per heavy atom. The van der Waals surface area contributed by atoms with E-state index in [1.807, 2.05) is 41.0 Å². The van der Waals surface area contributed by atoms with Crippen molar-refractivity contribution in [3.63, 3.8) is 0 Å². The molecule has 1 aliphatic carbocycles. The number of fused-ring (bicyclic) bond motifs is 2. The molecule has 3 N–H and O–H groups in total. The number of carbonyl (C=O) groups is 1. The van der Waals surface area contributed by atoms with E-state index in [-0.39, 0.29) is 11.9 Å². The Balaban J connectivity index is 1.75. The molecule has 4 aromatic rings. The maximum atomic E-state index is 13.3. The Hall–Kier alpha value is -3.41. The summed E-state index contributed by atoms with van der Waals surface area (Å²) in [7, 11) is 0. The maximum Gasteiger partial charge on any atom is 0.257 e. The van der Waals surface area contributed by atoms with Gasteiger partial charge in [-0.1, -0.05) is 44.0 Å². The van der Waals surface area contributed by atoms with E-state index in [9.17, 15) is 4.79 Å². The number of nitrogens with zero attached hydrogens (tertiary/aromatic N) is 3. The summed E-state index contributed by atoms with van der Waals surface area (Å²) in [6.45, 7) is 2.12. The highest BCUT2D eigenvalue weighted by Gasteiger charge is 2.27. The molecule has 152 valence electrons. The Morgan fingerprint density at radius 2 is 1.83 bits per heavy atom. The molecular formula is C24H25N5O. The van der Waals surface area contributed by atoms with Crippen molar-refractivity contribution in [2.24, 2.45) is 0 Å². The maximum absolute atomic E-state index is 13.3. The summed E-state index contributed by atoms with van der Waals surface area (Å²) >= 11 is 0. The standard InChI is InChI=1S/C24H25N5O/c1-2-15-8-7-11-17(14-15)29-22(25)20(24(30)26-16-9-3-4-10-16)21-23(29)28-19-13-6-5-12-18(19)27-21/h5-8,11-14,16H,2-4,9-10,25H2,1H3,(H,26,30). The van der Waals surface area contributed by atoms with Gasteiger partial charge in [0, 0.05) is 11.7 Å². The molecule has 2 aromatic carbocycles. The third kappa shape index (κ3) is 3.09. The lowest BCUT2D eigenvalue weighted by molar-refractivity contribution is 0.0940. The second kappa shape index (κ2) is 7.44. The second-order valence-electron chi connectivity index (χ2n) is 7.96. The normalized spacial score (nSPS) is 14.6. The van der Waals surface area contributed by atoms with Crippen molar-refractivity contribution >= 4 is 33.9 Å². The van der Waals surface area contributed by atoms with Gasteiger partial charge in [0.15, 0.2) is 5.65 Å². The second-order valence-corrected chi connectivity index (χ2v) is 7.96. The Kier molecular flexibility index (Phi) is 4.62. The number of benzene rings is 2. The van der Waals surface area contributed by atoms with Gasteiger partial charge in [0.1, 0.15) is 16.9 Å². The summed E-state index contributed by atoms with van der Waals surface area (Å²) in [5.41, 5.74) is 11.8. The van der Waals surface area contributed by atoms with Crippen LogP contribution in [0.2, 0.25) is 0 Å². The topological polar surface area (TPSA) is 85.8 Å². The van der Waals surface area contributed by atoms with Crippen LogP contribution in [-0.4, -0.2) is 26.5 Å². The van der Waals surface area contributed by atoms with E-state index in [1.165, 1.54) is 5.56 Å². The van der Waals surface area contributed by atoms with E-state index in [2.05, 4.69) is 24.4 Å². The quantitative estimate of drug-likeness (QED) is 0.533. The molecule has 1 saturated carbocycles. The van der Waals surface area contributed by atoms with E-state index in [0.29, 0.717) is 22.5 Å². The van der Waals surface area contributed by atoms with Crippen molar-refractivity contribution in [1.82, 2.24) is 19.9 Å². The third-order valence-corrected chi connectivity index (χ3v) is 5.99. The number of rotatable bonds is 4. The summed E-state index contributed by atoms with van der Waals surface area (Å²) in [6.07, 6.45) is 5.23. The van der Waals surface area contributed by atoms with E-state index in [4.69, 9.17) is 15.7 Å². The molecule has 6 heteroatoms. The Morgan fingerprint density at radius 3 is 2.57 bits per heavy atom. The molecule has 2 aromatic heterocycles. The first-order valence-corrected chi connectivity index (χ1v) is 10.6. The minimum absolute atomic E-state index is 0.167. The highest BCUT2D eigenvalue weighted by Crippen LogP contribution is 2.31. The van der Waals surface area contributed by atoms with Crippen LogP contribution in [0, 0.1) is 0 Å². The van der Waals surface area contributed by atoms with Crippen molar-refractivity contribution in [2.45, 2.75) is 45.1 Å². The first-order chi connectivity index (χ1) is 14.7. The average Bonchev–Trinajstić information content (AvgIpc) is 3.37. The van der Waals surface area contributed by atoms with E-state index < -0.39 is 0 Å². The minimum atomic E-state index is -0.167. The van der Waals surface area contributed by atoms with Crippen LogP contribution in [0.25, 0.3) is 27.9 Å². The lowest BCUT2D eigenvalue weighted by Gasteiger charge is -2.12. The Bertz CT molecular complexity index is 1250. The van der Waals surface area contributed by atoms with Crippen LogP contribution in [0.1, 0.15) is 48.5 Å². The number of anilines is 1. The fourth-order valence-electron chi connectivity index (χ4n) is 4.39. The number of nitrogen functional groups attached to an aromatic ring is 1. The molecule has 0 saturated heterocycles. The number of nitrogens with one attached hydrogen (secondary N) is 1. The van der Waals surface area contributed by atoms with Gasteiger partial charge < -0.3 is 11.1 Å². The number of amides is 1. The molecule has 0 radical (unpaired) electrons. The molecule has 0 unspecified atom stereocenters. The third-order valence-electron chi connectivity index (χ3n) is 5.99. The Labute approximate surface area is 175 Å². The minimum Gasteiger partial charge on any atom is -0.384 e. The molecule has 1 aliphatic rings. The number of carbonyl (C=O) groups excluding carboxylic acids is 1. The van der Waals surface area contributed by atoms with E-state index in [0.717, 1.165) is 48.8 Å². The van der Waals surface area contributed by atoms with E-state index >= 15 is 0 Å². The largest absolute Gasteiger partial charge is 0.384 e. The SMILES string of the molecule is CCc1cccc(-n2c(N)c(C(=O)NC3CCCC3)c3nc4ccccc4nc32)c1. The number of hydrogen-bond donors (Lipinski definition) is 2. The van der Waals surface area contributed by atoms with Crippen LogP contribution in [0.5, 0.6) is 0 Å². The number of hydrogen-bond acceptors (Lipinski definition) is 4. The molecule has 0 aliphatic heterocycles. The monoisotopic (exact) mass is 399 g/mol. The fraction of sp³-hybridized carbons (Fsp3) is 0.292. The van der Waals surface area contributed by atoms with Crippen LogP contribution >= 0.6 is 0 Å². The number of aryl methyl sites for hydroxylation is 1.